The highest BCUT2D eigenvalue weighted by Gasteiger charge is 2.13. The zero-order chi connectivity index (χ0) is 10.7. The summed E-state index contributed by atoms with van der Waals surface area (Å²) in [5.74, 6) is -1.27. The minimum atomic E-state index is -1.45. The van der Waals surface area contributed by atoms with E-state index in [1.165, 1.54) is 22.9 Å². The van der Waals surface area contributed by atoms with E-state index in [-0.39, 0.29) is 12.0 Å². The molecular weight excluding hydrogens is 186 g/mol. The molecule has 1 rings (SSSR count). The van der Waals surface area contributed by atoms with Crippen molar-refractivity contribution >= 4 is 5.97 Å². The number of aliphatic carboxylic acids is 1. The predicted octanol–water partition coefficient (Wildman–Crippen LogP) is -0.398. The molecule has 1 unspecified atom stereocenters. The van der Waals surface area contributed by atoms with Gasteiger partial charge in [-0.1, -0.05) is 0 Å². The Morgan fingerprint density at radius 2 is 2.29 bits per heavy atom. The van der Waals surface area contributed by atoms with Crippen LogP contribution in [0.2, 0.25) is 0 Å². The maximum absolute atomic E-state index is 10.9. The van der Waals surface area contributed by atoms with Crippen molar-refractivity contribution in [3.05, 3.63) is 34.2 Å². The van der Waals surface area contributed by atoms with Crippen LogP contribution in [-0.4, -0.2) is 26.9 Å². The van der Waals surface area contributed by atoms with Crippen LogP contribution in [0.5, 0.6) is 0 Å². The Morgan fingerprint density at radius 1 is 1.64 bits per heavy atom. The number of nitrogens with zero attached hydrogens (tertiary/aromatic N) is 1. The minimum Gasteiger partial charge on any atom is -0.479 e. The van der Waals surface area contributed by atoms with Gasteiger partial charge in [0.15, 0.2) is 11.5 Å². The van der Waals surface area contributed by atoms with E-state index in [9.17, 15) is 9.59 Å². The number of aromatic nitrogens is 1. The SMILES string of the molecule is Cc1cc(=O)ccn1CC(O)C(=O)O. The number of aliphatic hydroxyl groups excluding tert-OH is 1. The van der Waals surface area contributed by atoms with Crippen LogP contribution in [0.25, 0.3) is 0 Å². The van der Waals surface area contributed by atoms with E-state index in [0.29, 0.717) is 5.69 Å². The van der Waals surface area contributed by atoms with Gasteiger partial charge in [-0.2, -0.15) is 0 Å². The van der Waals surface area contributed by atoms with Gasteiger partial charge in [-0.3, -0.25) is 4.79 Å². The zero-order valence-corrected chi connectivity index (χ0v) is 7.67. The number of aliphatic hydroxyl groups is 1. The molecule has 0 aliphatic carbocycles. The highest BCUT2D eigenvalue weighted by atomic mass is 16.4. The predicted molar refractivity (Wildman–Crippen MR) is 49.1 cm³/mol. The van der Waals surface area contributed by atoms with Gasteiger partial charge in [0, 0.05) is 24.0 Å². The van der Waals surface area contributed by atoms with Gasteiger partial charge in [-0.05, 0) is 6.92 Å². The lowest BCUT2D eigenvalue weighted by molar-refractivity contribution is -0.147. The third kappa shape index (κ3) is 2.43. The van der Waals surface area contributed by atoms with E-state index in [4.69, 9.17) is 10.2 Å². The fraction of sp³-hybridized carbons (Fsp3) is 0.333. The molecular formula is C9H11NO4. The topological polar surface area (TPSA) is 79.5 Å². The molecule has 0 aliphatic heterocycles. The lowest BCUT2D eigenvalue weighted by Crippen LogP contribution is -2.26. The summed E-state index contributed by atoms with van der Waals surface area (Å²) >= 11 is 0. The van der Waals surface area contributed by atoms with Crippen molar-refractivity contribution in [2.45, 2.75) is 19.6 Å². The van der Waals surface area contributed by atoms with E-state index < -0.39 is 12.1 Å². The molecule has 0 saturated heterocycles. The van der Waals surface area contributed by atoms with Crippen molar-refractivity contribution in [2.24, 2.45) is 0 Å². The van der Waals surface area contributed by atoms with Crippen molar-refractivity contribution in [1.29, 1.82) is 0 Å². The summed E-state index contributed by atoms with van der Waals surface area (Å²) in [6.07, 6.45) is 0.0142. The number of hydrogen-bond acceptors (Lipinski definition) is 3. The molecule has 5 heteroatoms. The molecule has 1 aromatic heterocycles. The highest BCUT2D eigenvalue weighted by molar-refractivity contribution is 5.71. The smallest absolute Gasteiger partial charge is 0.334 e. The van der Waals surface area contributed by atoms with Crippen LogP contribution in [0.15, 0.2) is 23.1 Å². The molecule has 0 amide bonds. The summed E-state index contributed by atoms with van der Waals surface area (Å²) < 4.78 is 1.51. The molecule has 5 nitrogen and oxygen atoms in total. The molecule has 0 aromatic carbocycles. The Balaban J connectivity index is 2.87. The molecule has 2 N–H and O–H groups in total. The van der Waals surface area contributed by atoms with Crippen LogP contribution >= 0.6 is 0 Å². The number of aryl methyl sites for hydroxylation is 1. The fourth-order valence-electron chi connectivity index (χ4n) is 1.09. The average molecular weight is 197 g/mol. The van der Waals surface area contributed by atoms with Crippen molar-refractivity contribution in [1.82, 2.24) is 4.57 Å². The lowest BCUT2D eigenvalue weighted by atomic mass is 10.3. The van der Waals surface area contributed by atoms with Crippen molar-refractivity contribution in [3.63, 3.8) is 0 Å². The first-order valence-electron chi connectivity index (χ1n) is 4.08. The van der Waals surface area contributed by atoms with E-state index in [0.717, 1.165) is 0 Å². The van der Waals surface area contributed by atoms with Gasteiger partial charge in [0.2, 0.25) is 0 Å². The number of pyridine rings is 1. The fourth-order valence-corrected chi connectivity index (χ4v) is 1.09. The first-order chi connectivity index (χ1) is 6.50. The standard InChI is InChI=1S/C9H11NO4/c1-6-4-7(11)2-3-10(6)5-8(12)9(13)14/h2-4,8,12H,5H2,1H3,(H,13,14). The molecule has 1 atom stereocenters. The molecule has 0 fully saturated rings. The van der Waals surface area contributed by atoms with Gasteiger partial charge in [-0.25, -0.2) is 4.79 Å². The van der Waals surface area contributed by atoms with Gasteiger partial charge >= 0.3 is 5.97 Å². The second kappa shape index (κ2) is 4.06. The Bertz CT molecular complexity index is 396. The first kappa shape index (κ1) is 10.5. The normalized spacial score (nSPS) is 12.4. The Hall–Kier alpha value is -1.62. The first-order valence-corrected chi connectivity index (χ1v) is 4.08. The molecule has 1 heterocycles. The zero-order valence-electron chi connectivity index (χ0n) is 7.67. The molecule has 0 spiro atoms. The highest BCUT2D eigenvalue weighted by Crippen LogP contribution is 1.97. The van der Waals surface area contributed by atoms with Crippen molar-refractivity contribution in [3.8, 4) is 0 Å². The summed E-state index contributed by atoms with van der Waals surface area (Å²) in [5.41, 5.74) is 0.487. The number of hydrogen-bond donors (Lipinski definition) is 2. The van der Waals surface area contributed by atoms with Crippen LogP contribution in [0.3, 0.4) is 0 Å². The van der Waals surface area contributed by atoms with Crippen LogP contribution in [0, 0.1) is 6.92 Å². The molecule has 0 bridgehead atoms. The van der Waals surface area contributed by atoms with Crippen LogP contribution in [-0.2, 0) is 11.3 Å². The second-order valence-electron chi connectivity index (χ2n) is 3.01. The van der Waals surface area contributed by atoms with E-state index >= 15 is 0 Å². The molecule has 0 saturated carbocycles. The molecule has 1 aromatic rings. The summed E-state index contributed by atoms with van der Waals surface area (Å²) in [6.45, 7) is 1.62. The van der Waals surface area contributed by atoms with Crippen molar-refractivity contribution in [2.75, 3.05) is 0 Å². The number of carboxylic acid groups (broad SMARTS) is 1. The average Bonchev–Trinajstić information content (AvgIpc) is 2.09. The van der Waals surface area contributed by atoms with E-state index in [1.54, 1.807) is 6.92 Å². The summed E-state index contributed by atoms with van der Waals surface area (Å²) in [5, 5.41) is 17.5. The third-order valence-corrected chi connectivity index (χ3v) is 1.88. The summed E-state index contributed by atoms with van der Waals surface area (Å²) in [6, 6.07) is 2.70. The van der Waals surface area contributed by atoms with Gasteiger partial charge in [0.05, 0.1) is 6.54 Å². The molecule has 76 valence electrons. The molecule has 0 aliphatic rings. The third-order valence-electron chi connectivity index (χ3n) is 1.88. The monoisotopic (exact) mass is 197 g/mol. The van der Waals surface area contributed by atoms with Crippen LogP contribution in [0.4, 0.5) is 0 Å². The van der Waals surface area contributed by atoms with Gasteiger partial charge in [-0.15, -0.1) is 0 Å². The van der Waals surface area contributed by atoms with Crippen molar-refractivity contribution < 1.29 is 15.0 Å². The Morgan fingerprint density at radius 3 is 2.79 bits per heavy atom. The maximum Gasteiger partial charge on any atom is 0.334 e. The maximum atomic E-state index is 10.9. The summed E-state index contributed by atoms with van der Waals surface area (Å²) in [4.78, 5) is 21.2. The van der Waals surface area contributed by atoms with E-state index in [2.05, 4.69) is 0 Å². The van der Waals surface area contributed by atoms with Gasteiger partial charge in [0.1, 0.15) is 0 Å². The number of carbonyl (C=O) groups is 1. The second-order valence-corrected chi connectivity index (χ2v) is 3.01. The molecule has 14 heavy (non-hydrogen) atoms. The molecule has 0 radical (unpaired) electrons. The van der Waals surface area contributed by atoms with Crippen LogP contribution < -0.4 is 5.43 Å². The summed E-state index contributed by atoms with van der Waals surface area (Å²) in [7, 11) is 0. The lowest BCUT2D eigenvalue weighted by Gasteiger charge is -2.11. The Labute approximate surface area is 80.2 Å². The van der Waals surface area contributed by atoms with Gasteiger partial charge in [0.25, 0.3) is 0 Å². The van der Waals surface area contributed by atoms with Gasteiger partial charge < -0.3 is 14.8 Å². The largest absolute Gasteiger partial charge is 0.479 e. The Kier molecular flexibility index (Phi) is 3.03. The quantitative estimate of drug-likeness (QED) is 0.691. The number of rotatable bonds is 3. The van der Waals surface area contributed by atoms with Crippen LogP contribution in [0.1, 0.15) is 5.69 Å². The minimum absolute atomic E-state index is 0.0541. The van der Waals surface area contributed by atoms with E-state index in [1.807, 2.05) is 0 Å². The number of carboxylic acids is 1.